The molecule has 0 saturated carbocycles. The van der Waals surface area contributed by atoms with Gasteiger partial charge in [-0.1, -0.05) is 125 Å². The molecule has 0 amide bonds. The van der Waals surface area contributed by atoms with Gasteiger partial charge in [-0.25, -0.2) is 27.1 Å². The van der Waals surface area contributed by atoms with Crippen molar-refractivity contribution in [1.29, 1.82) is 0 Å². The zero-order valence-electron chi connectivity index (χ0n) is 58.5. The lowest BCUT2D eigenvalue weighted by Gasteiger charge is -2.29. The maximum atomic E-state index is 11.4. The molecule has 8 aromatic heterocycles. The Bertz CT molecular complexity index is 5250. The molecule has 0 aliphatic heterocycles. The number of aromatic amines is 2. The van der Waals surface area contributed by atoms with Gasteiger partial charge in [-0.15, -0.1) is 0 Å². The average Bonchev–Trinajstić information content (AvgIpc) is 1.64. The number of aliphatic hydroxyl groups excluding tert-OH is 2. The van der Waals surface area contributed by atoms with E-state index in [1.807, 2.05) is 72.0 Å². The molecule has 532 valence electrons. The number of primary sulfonamides is 2. The van der Waals surface area contributed by atoms with E-state index in [0.717, 1.165) is 145 Å². The lowest BCUT2D eigenvalue weighted by atomic mass is 9.76. The number of aryl methyl sites for hydroxylation is 2. The van der Waals surface area contributed by atoms with Crippen LogP contribution in [-0.2, 0) is 98.7 Å². The Morgan fingerprint density at radius 3 is 1.02 bits per heavy atom. The molecule has 30 heteroatoms. The molecule has 0 saturated heterocycles. The van der Waals surface area contributed by atoms with Gasteiger partial charge in [-0.3, -0.25) is 19.6 Å². The number of nitrogens with one attached hydrogen (secondary N) is 2. The molecule has 0 unspecified atom stereocenters. The molecule has 16 rings (SSSR count). The fourth-order valence-corrected chi connectivity index (χ4v) is 14.4. The number of nitrogens with zero attached hydrogens (tertiary/aromatic N) is 14. The van der Waals surface area contributed by atoms with Crippen molar-refractivity contribution in [2.45, 2.75) is 155 Å². The van der Waals surface area contributed by atoms with Gasteiger partial charge in [0.05, 0.1) is 34.4 Å². The molecule has 0 bridgehead atoms. The van der Waals surface area contributed by atoms with Crippen LogP contribution in [0.15, 0.2) is 125 Å². The van der Waals surface area contributed by atoms with Crippen LogP contribution in [0, 0.1) is 21.7 Å². The van der Waals surface area contributed by atoms with Crippen LogP contribution >= 0.6 is 0 Å². The first-order valence-corrected chi connectivity index (χ1v) is 36.7. The van der Waals surface area contributed by atoms with Crippen LogP contribution in [0.25, 0.3) is 91.9 Å². The van der Waals surface area contributed by atoms with Gasteiger partial charge in [0, 0.05) is 70.0 Å². The highest BCUT2D eigenvalue weighted by atomic mass is 32.2. The molecule has 28 nitrogen and oxygen atoms in total. The molecule has 4 aliphatic rings. The van der Waals surface area contributed by atoms with Crippen molar-refractivity contribution in [3.63, 3.8) is 0 Å². The number of nitrogens with two attached hydrogens (primary N) is 2. The summed E-state index contributed by atoms with van der Waals surface area (Å²) in [5.41, 5.74) is 18.3. The predicted molar refractivity (Wildman–Crippen MR) is 376 cm³/mol. The van der Waals surface area contributed by atoms with Crippen molar-refractivity contribution < 1.29 is 45.1 Å². The fourth-order valence-electron chi connectivity index (χ4n) is 13.4. The van der Waals surface area contributed by atoms with Gasteiger partial charge in [-0.2, -0.15) is 40.3 Å². The Morgan fingerprint density at radius 1 is 0.422 bits per heavy atom. The summed E-state index contributed by atoms with van der Waals surface area (Å²) in [6.45, 7) is 18.2. The summed E-state index contributed by atoms with van der Waals surface area (Å²) in [6, 6.07) is 27.0. The van der Waals surface area contributed by atoms with Crippen LogP contribution in [-0.4, -0.2) is 108 Å². The number of benzene rings is 4. The van der Waals surface area contributed by atoms with Crippen LogP contribution < -0.4 is 10.3 Å². The standard InChI is InChI=1S/C19H22N4O2.C18H21N5O3S.C18H20N4O2.C17H19N5O3S/c1-19(2)9-8-14-15(10-19)23(3)21-16(14)18-20-17(22-25-18)13-6-4-12(11-24)5-7-13;1-18(2)9-8-13-14(10-18)23(3)21-15(13)17-20-16(22-26-17)11-4-6-12(7-5-11)27(19,24)25;1-18(2)8-7-13-14(9-18)20-21-15(13)17-19-16(22-24-17)12-5-3-11(10-23)4-6-12;1-17(2)8-7-12-13(9-17)20-21-14(12)16-19-15(22-25-16)10-3-5-11(6-4-10)26(18,23)24/h4-7,24H,8-11H2,1-3H3;4-7H,8-10H2,1-3H3,(H2,19,24,25);3-6,23H,7-10H2,1-2H3,(H,20,21);3-6H,7-9H2,1-2H3,(H,20,21)(H2,18,23,24). The normalized spacial score (nSPS) is 16.2. The Morgan fingerprint density at radius 2 is 0.706 bits per heavy atom. The monoisotopic (exact) mass is 1420 g/mol. The van der Waals surface area contributed by atoms with Gasteiger partial charge in [0.25, 0.3) is 23.6 Å². The van der Waals surface area contributed by atoms with E-state index < -0.39 is 20.0 Å². The number of H-pyrrole nitrogens is 2. The summed E-state index contributed by atoms with van der Waals surface area (Å²) in [7, 11) is -3.54. The van der Waals surface area contributed by atoms with E-state index in [4.69, 9.17) is 38.6 Å². The molecule has 4 aromatic carbocycles. The number of rotatable bonds is 12. The van der Waals surface area contributed by atoms with Crippen molar-refractivity contribution in [3.05, 3.63) is 153 Å². The van der Waals surface area contributed by atoms with Gasteiger partial charge < -0.3 is 28.3 Å². The summed E-state index contributed by atoms with van der Waals surface area (Å²) < 4.78 is 71.1. The van der Waals surface area contributed by atoms with Crippen LogP contribution in [0.3, 0.4) is 0 Å². The lowest BCUT2D eigenvalue weighted by molar-refractivity contribution is 0.281. The third-order valence-electron chi connectivity index (χ3n) is 19.5. The van der Waals surface area contributed by atoms with Gasteiger partial charge >= 0.3 is 0 Å². The van der Waals surface area contributed by atoms with E-state index in [-0.39, 0.29) is 39.2 Å². The third-order valence-corrected chi connectivity index (χ3v) is 21.3. The molecule has 0 atom stereocenters. The van der Waals surface area contributed by atoms with Gasteiger partial charge in [0.2, 0.25) is 43.3 Å². The zero-order chi connectivity index (χ0) is 72.3. The first-order valence-electron chi connectivity index (χ1n) is 33.6. The topological polar surface area (TPSA) is 409 Å². The van der Waals surface area contributed by atoms with Crippen LogP contribution in [0.1, 0.15) is 137 Å². The highest BCUT2D eigenvalue weighted by Gasteiger charge is 2.36. The molecule has 4 aliphatic carbocycles. The molecule has 0 fully saturated rings. The van der Waals surface area contributed by atoms with E-state index in [0.29, 0.717) is 63.4 Å². The minimum atomic E-state index is -3.73. The molecule has 8 heterocycles. The Balaban J connectivity index is 0.000000121. The minimum Gasteiger partial charge on any atom is -0.392 e. The van der Waals surface area contributed by atoms with Crippen molar-refractivity contribution in [1.82, 2.24) is 80.5 Å². The summed E-state index contributed by atoms with van der Waals surface area (Å²) in [5, 5.41) is 68.9. The quantitative estimate of drug-likeness (QED) is 0.0661. The minimum absolute atomic E-state index is 0.0220. The van der Waals surface area contributed by atoms with Crippen LogP contribution in [0.4, 0.5) is 0 Å². The molecular weight excluding hydrogens is 1340 g/mol. The van der Waals surface area contributed by atoms with E-state index in [9.17, 15) is 16.8 Å². The van der Waals surface area contributed by atoms with Crippen LogP contribution in [0.2, 0.25) is 0 Å². The molecular formula is C72H82N18O10S2. The smallest absolute Gasteiger partial charge is 0.279 e. The molecule has 8 N–H and O–H groups in total. The predicted octanol–water partition coefficient (Wildman–Crippen LogP) is 10.9. The SMILES string of the molecule is CC1(C)CCc2c(n[nH]c2-c2nc(-c3ccc(CO)cc3)no2)C1.CC1(C)CCc2c(n[nH]c2-c2nc(-c3ccc(S(N)(=O)=O)cc3)no2)C1.Cn1nc(-c2nc(-c3ccc(CO)cc3)no2)c2c1CC(C)(C)CC2.Cn1nc(-c2nc(-c3ccc(S(N)(=O)=O)cc3)no2)c2c1CC(C)(C)CC2. The molecule has 0 spiro atoms. The van der Waals surface area contributed by atoms with Crippen molar-refractivity contribution in [3.8, 4) is 91.9 Å². The highest BCUT2D eigenvalue weighted by Crippen LogP contribution is 2.43. The molecule has 0 radical (unpaired) electrons. The van der Waals surface area contributed by atoms with Gasteiger partial charge in [0.1, 0.15) is 11.4 Å². The average molecular weight is 1420 g/mol. The first kappa shape index (κ1) is 70.5. The first-order chi connectivity index (χ1) is 48.4. The van der Waals surface area contributed by atoms with Crippen molar-refractivity contribution in [2.24, 2.45) is 46.0 Å². The summed E-state index contributed by atoms with van der Waals surface area (Å²) in [6.07, 6.45) is 12.0. The second-order valence-corrected chi connectivity index (χ2v) is 32.9. The highest BCUT2D eigenvalue weighted by molar-refractivity contribution is 7.89. The maximum absolute atomic E-state index is 11.4. The van der Waals surface area contributed by atoms with E-state index in [1.165, 1.54) is 46.8 Å². The van der Waals surface area contributed by atoms with E-state index >= 15 is 0 Å². The Labute approximate surface area is 589 Å². The number of hydrogen-bond donors (Lipinski definition) is 6. The second kappa shape index (κ2) is 27.4. The zero-order valence-corrected chi connectivity index (χ0v) is 60.2. The van der Waals surface area contributed by atoms with E-state index in [1.54, 1.807) is 24.3 Å². The number of fused-ring (bicyclic) bond motifs is 4. The van der Waals surface area contributed by atoms with Gasteiger partial charge in [0.15, 0.2) is 11.4 Å². The largest absolute Gasteiger partial charge is 0.392 e. The number of aromatic nitrogens is 16. The van der Waals surface area contributed by atoms with E-state index in [2.05, 4.69) is 127 Å². The Hall–Kier alpha value is -9.98. The summed E-state index contributed by atoms with van der Waals surface area (Å²) in [5.74, 6) is 3.52. The summed E-state index contributed by atoms with van der Waals surface area (Å²) in [4.78, 5) is 18.0. The number of aliphatic hydroxyl groups is 2. The summed E-state index contributed by atoms with van der Waals surface area (Å²) >= 11 is 0. The lowest BCUT2D eigenvalue weighted by Crippen LogP contribution is -2.23. The van der Waals surface area contributed by atoms with Crippen molar-refractivity contribution >= 4 is 20.0 Å². The van der Waals surface area contributed by atoms with Crippen LogP contribution in [0.5, 0.6) is 0 Å². The second-order valence-electron chi connectivity index (χ2n) is 29.7. The maximum Gasteiger partial charge on any atom is 0.279 e. The van der Waals surface area contributed by atoms with Crippen molar-refractivity contribution in [2.75, 3.05) is 0 Å². The number of sulfonamides is 2. The molecule has 12 aromatic rings. The fraction of sp³-hybridized carbons (Fsp3) is 0.389. The van der Waals surface area contributed by atoms with Gasteiger partial charge in [-0.05, 0) is 158 Å². The Kier molecular flexibility index (Phi) is 18.9. The molecule has 102 heavy (non-hydrogen) atoms. The third kappa shape index (κ3) is 15.3. The number of hydrogen-bond acceptors (Lipinski definition) is 22.